The van der Waals surface area contributed by atoms with Gasteiger partial charge in [-0.3, -0.25) is 4.79 Å². The van der Waals surface area contributed by atoms with Gasteiger partial charge < -0.3 is 9.64 Å². The third-order valence-corrected chi connectivity index (χ3v) is 7.90. The van der Waals surface area contributed by atoms with Crippen molar-refractivity contribution in [2.75, 3.05) is 0 Å². The van der Waals surface area contributed by atoms with E-state index in [4.69, 9.17) is 10.00 Å². The fourth-order valence-electron chi connectivity index (χ4n) is 5.08. The van der Waals surface area contributed by atoms with Gasteiger partial charge in [0.1, 0.15) is 11.9 Å². The Morgan fingerprint density at radius 3 is 2.41 bits per heavy atom. The number of hydrogen-bond donors (Lipinski definition) is 0. The third kappa shape index (κ3) is 4.98. The van der Waals surface area contributed by atoms with Gasteiger partial charge >= 0.3 is 0 Å². The maximum absolute atomic E-state index is 13.4. The summed E-state index contributed by atoms with van der Waals surface area (Å²) in [6, 6.07) is 26.6. The molecule has 5 rings (SSSR count). The van der Waals surface area contributed by atoms with Gasteiger partial charge in [0.05, 0.1) is 11.6 Å². The standard InChI is InChI=1S/C29H28N2O2S/c1-20-5-13-28(14-6-20)34-19-21-7-9-23(10-8-21)29(32)31-24-11-12-25(31)17-27(16-24)33-26-4-2-3-22(15-26)18-30/h2-10,13-15,24-25,27H,11-12,16-17,19H2,1H3/t24-,25-/m0/s1. The van der Waals surface area contributed by atoms with Crippen molar-refractivity contribution in [2.24, 2.45) is 0 Å². The quantitative estimate of drug-likeness (QED) is 0.394. The number of carbonyl (C=O) groups excluding carboxylic acids is 1. The molecule has 3 aromatic carbocycles. The van der Waals surface area contributed by atoms with Crippen molar-refractivity contribution in [2.45, 2.75) is 61.4 Å². The van der Waals surface area contributed by atoms with Crippen LogP contribution in [0.5, 0.6) is 5.75 Å². The van der Waals surface area contributed by atoms with Gasteiger partial charge in [-0.05, 0) is 67.8 Å². The number of hydrogen-bond acceptors (Lipinski definition) is 4. The van der Waals surface area contributed by atoms with Crippen molar-refractivity contribution in [1.29, 1.82) is 5.26 Å². The monoisotopic (exact) mass is 468 g/mol. The molecule has 0 aliphatic carbocycles. The first kappa shape index (κ1) is 22.6. The molecule has 2 aliphatic rings. The van der Waals surface area contributed by atoms with Crippen molar-refractivity contribution in [3.8, 4) is 11.8 Å². The lowest BCUT2D eigenvalue weighted by Gasteiger charge is -2.39. The van der Waals surface area contributed by atoms with Crippen LogP contribution in [0.2, 0.25) is 0 Å². The molecule has 0 radical (unpaired) electrons. The molecule has 4 nitrogen and oxygen atoms in total. The number of amides is 1. The lowest BCUT2D eigenvalue weighted by atomic mass is 9.98. The SMILES string of the molecule is Cc1ccc(SCc2ccc(C(=O)N3[C@H]4CC[C@H]3CC(Oc3cccc(C#N)c3)C4)cc2)cc1. The number of carbonyl (C=O) groups is 1. The van der Waals surface area contributed by atoms with Crippen molar-refractivity contribution < 1.29 is 9.53 Å². The number of benzene rings is 3. The molecule has 2 aliphatic heterocycles. The van der Waals surface area contributed by atoms with Gasteiger partial charge in [0.25, 0.3) is 5.91 Å². The minimum Gasteiger partial charge on any atom is -0.490 e. The molecule has 2 fully saturated rings. The molecule has 172 valence electrons. The fraction of sp³-hybridized carbons (Fsp3) is 0.310. The summed E-state index contributed by atoms with van der Waals surface area (Å²) in [4.78, 5) is 16.7. The summed E-state index contributed by atoms with van der Waals surface area (Å²) in [5.41, 5.74) is 3.86. The highest BCUT2D eigenvalue weighted by molar-refractivity contribution is 7.98. The highest BCUT2D eigenvalue weighted by Crippen LogP contribution is 2.38. The van der Waals surface area contributed by atoms with E-state index < -0.39 is 0 Å². The molecular formula is C29H28N2O2S. The summed E-state index contributed by atoms with van der Waals surface area (Å²) in [7, 11) is 0. The lowest BCUT2D eigenvalue weighted by Crippen LogP contribution is -2.49. The van der Waals surface area contributed by atoms with E-state index in [1.54, 1.807) is 12.1 Å². The van der Waals surface area contributed by atoms with E-state index in [-0.39, 0.29) is 24.1 Å². The highest BCUT2D eigenvalue weighted by Gasteiger charge is 2.44. The number of thioether (sulfide) groups is 1. The smallest absolute Gasteiger partial charge is 0.254 e. The zero-order valence-electron chi connectivity index (χ0n) is 19.3. The predicted molar refractivity (Wildman–Crippen MR) is 135 cm³/mol. The Morgan fingerprint density at radius 1 is 1.03 bits per heavy atom. The second kappa shape index (κ2) is 9.95. The fourth-order valence-corrected chi connectivity index (χ4v) is 5.93. The van der Waals surface area contributed by atoms with E-state index >= 15 is 0 Å². The first-order valence-corrected chi connectivity index (χ1v) is 12.9. The maximum Gasteiger partial charge on any atom is 0.254 e. The van der Waals surface area contributed by atoms with E-state index in [0.717, 1.165) is 42.7 Å². The van der Waals surface area contributed by atoms with Gasteiger partial charge in [0, 0.05) is 41.1 Å². The number of aryl methyl sites for hydroxylation is 1. The molecule has 0 aromatic heterocycles. The van der Waals surface area contributed by atoms with Crippen LogP contribution in [-0.2, 0) is 5.75 Å². The van der Waals surface area contributed by atoms with E-state index in [1.165, 1.54) is 16.0 Å². The van der Waals surface area contributed by atoms with Crippen LogP contribution in [-0.4, -0.2) is 29.0 Å². The van der Waals surface area contributed by atoms with Crippen LogP contribution < -0.4 is 4.74 Å². The van der Waals surface area contributed by atoms with Crippen LogP contribution in [0.25, 0.3) is 0 Å². The Hall–Kier alpha value is -3.23. The second-order valence-electron chi connectivity index (χ2n) is 9.25. The van der Waals surface area contributed by atoms with Crippen molar-refractivity contribution in [1.82, 2.24) is 4.90 Å². The zero-order chi connectivity index (χ0) is 23.5. The van der Waals surface area contributed by atoms with E-state index in [1.807, 2.05) is 36.0 Å². The van der Waals surface area contributed by atoms with Crippen LogP contribution in [0.3, 0.4) is 0 Å². The minimum atomic E-state index is 0.0802. The number of nitrogens with zero attached hydrogens (tertiary/aromatic N) is 2. The average molecular weight is 469 g/mol. The summed E-state index contributed by atoms with van der Waals surface area (Å²) in [5.74, 6) is 1.76. The molecule has 0 N–H and O–H groups in total. The largest absolute Gasteiger partial charge is 0.490 e. The second-order valence-corrected chi connectivity index (χ2v) is 10.3. The number of fused-ring (bicyclic) bond motifs is 2. The van der Waals surface area contributed by atoms with Gasteiger partial charge in [0.15, 0.2) is 0 Å². The normalized spacial score (nSPS) is 21.2. The van der Waals surface area contributed by atoms with E-state index in [0.29, 0.717) is 5.56 Å². The van der Waals surface area contributed by atoms with Gasteiger partial charge in [-0.2, -0.15) is 5.26 Å². The molecule has 3 aromatic rings. The zero-order valence-corrected chi connectivity index (χ0v) is 20.1. The molecule has 2 atom stereocenters. The molecule has 2 heterocycles. The summed E-state index contributed by atoms with van der Waals surface area (Å²) >= 11 is 1.81. The highest BCUT2D eigenvalue weighted by atomic mass is 32.2. The molecule has 34 heavy (non-hydrogen) atoms. The van der Waals surface area contributed by atoms with Crippen LogP contribution in [0, 0.1) is 18.3 Å². The van der Waals surface area contributed by atoms with Gasteiger partial charge in [0.2, 0.25) is 0 Å². The van der Waals surface area contributed by atoms with Gasteiger partial charge in [-0.25, -0.2) is 0 Å². The first-order chi connectivity index (χ1) is 16.6. The van der Waals surface area contributed by atoms with E-state index in [2.05, 4.69) is 54.3 Å². The van der Waals surface area contributed by atoms with Crippen molar-refractivity contribution >= 4 is 17.7 Å². The Morgan fingerprint density at radius 2 is 1.74 bits per heavy atom. The predicted octanol–water partition coefficient (Wildman–Crippen LogP) is 6.37. The molecule has 2 saturated heterocycles. The van der Waals surface area contributed by atoms with Crippen molar-refractivity contribution in [3.63, 3.8) is 0 Å². The average Bonchev–Trinajstić information content (AvgIpc) is 3.13. The molecule has 0 unspecified atom stereocenters. The van der Waals surface area contributed by atoms with Crippen LogP contribution >= 0.6 is 11.8 Å². The molecule has 0 spiro atoms. The summed E-state index contributed by atoms with van der Waals surface area (Å²) in [5, 5.41) is 9.12. The van der Waals surface area contributed by atoms with Crippen LogP contribution in [0.4, 0.5) is 0 Å². The maximum atomic E-state index is 13.4. The van der Waals surface area contributed by atoms with Crippen molar-refractivity contribution in [3.05, 3.63) is 95.1 Å². The lowest BCUT2D eigenvalue weighted by molar-refractivity contribution is 0.0359. The number of rotatable bonds is 6. The molecule has 2 bridgehead atoms. The third-order valence-electron chi connectivity index (χ3n) is 6.82. The van der Waals surface area contributed by atoms with Crippen LogP contribution in [0.15, 0.2) is 77.7 Å². The number of ether oxygens (including phenoxy) is 1. The Labute approximate surface area is 205 Å². The summed E-state index contributed by atoms with van der Waals surface area (Å²) < 4.78 is 6.21. The molecule has 5 heteroatoms. The molecule has 0 saturated carbocycles. The Bertz CT molecular complexity index is 1190. The minimum absolute atomic E-state index is 0.0802. The van der Waals surface area contributed by atoms with Crippen LogP contribution in [0.1, 0.15) is 52.7 Å². The van der Waals surface area contributed by atoms with E-state index in [9.17, 15) is 4.79 Å². The van der Waals surface area contributed by atoms with Gasteiger partial charge in [-0.1, -0.05) is 35.9 Å². The Balaban J connectivity index is 1.19. The topological polar surface area (TPSA) is 53.3 Å². The number of piperidine rings is 1. The first-order valence-electron chi connectivity index (χ1n) is 11.9. The number of nitriles is 1. The molecular weight excluding hydrogens is 440 g/mol. The van der Waals surface area contributed by atoms with Gasteiger partial charge in [-0.15, -0.1) is 11.8 Å². The summed E-state index contributed by atoms with van der Waals surface area (Å²) in [6.45, 7) is 2.10. The Kier molecular flexibility index (Phi) is 6.60. The molecule has 1 amide bonds. The summed E-state index contributed by atoms with van der Waals surface area (Å²) in [6.07, 6.45) is 3.81.